The second kappa shape index (κ2) is 27.3. The highest BCUT2D eigenvalue weighted by Gasteiger charge is 2.18. The fourth-order valence-electron chi connectivity index (χ4n) is 4.75. The van der Waals surface area contributed by atoms with Gasteiger partial charge in [-0.15, -0.1) is 0 Å². The molecule has 0 aliphatic rings. The van der Waals surface area contributed by atoms with E-state index in [0.717, 1.165) is 37.5 Å². The Morgan fingerprint density at radius 3 is 1.40 bits per heavy atom. The summed E-state index contributed by atoms with van der Waals surface area (Å²) in [5.74, 6) is 1.01. The van der Waals surface area contributed by atoms with Crippen LogP contribution in [0.5, 0.6) is 0 Å². The van der Waals surface area contributed by atoms with Gasteiger partial charge in [0.1, 0.15) is 0 Å². The van der Waals surface area contributed by atoms with Crippen LogP contribution in [0.3, 0.4) is 0 Å². The van der Waals surface area contributed by atoms with Gasteiger partial charge in [-0.05, 0) is 36.8 Å². The summed E-state index contributed by atoms with van der Waals surface area (Å²) in [7, 11) is 0. The SMILES string of the molecule is CCCC(C)CCCC(C)CC.CCCCCCCCOC(=O)c1ccccc1C(=O)OCCCCCCCC. The number of rotatable bonds is 23. The predicted octanol–water partition coefficient (Wildman–Crippen LogP) is 11.4. The van der Waals surface area contributed by atoms with Crippen molar-refractivity contribution >= 4 is 11.9 Å². The lowest BCUT2D eigenvalue weighted by atomic mass is 9.95. The van der Waals surface area contributed by atoms with Gasteiger partial charge in [-0.2, -0.15) is 0 Å². The summed E-state index contributed by atoms with van der Waals surface area (Å²) in [6.07, 6.45) is 22.1. The van der Waals surface area contributed by atoms with Crippen LogP contribution in [-0.4, -0.2) is 25.2 Å². The minimum absolute atomic E-state index is 0.293. The van der Waals surface area contributed by atoms with Crippen molar-refractivity contribution in [1.82, 2.24) is 0 Å². The van der Waals surface area contributed by atoms with Gasteiger partial charge in [0.05, 0.1) is 24.3 Å². The number of carbonyl (C=O) groups excluding carboxylic acids is 2. The molecule has 1 aromatic rings. The molecule has 0 fully saturated rings. The van der Waals surface area contributed by atoms with Crippen LogP contribution in [0.2, 0.25) is 0 Å². The molecule has 2 unspecified atom stereocenters. The summed E-state index contributed by atoms with van der Waals surface area (Å²) in [4.78, 5) is 24.7. The number of hydrogen-bond donors (Lipinski definition) is 0. The van der Waals surface area contributed by atoms with Crippen LogP contribution < -0.4 is 0 Å². The second-order valence-electron chi connectivity index (χ2n) is 11.7. The van der Waals surface area contributed by atoms with Gasteiger partial charge in [-0.1, -0.05) is 156 Å². The van der Waals surface area contributed by atoms with E-state index < -0.39 is 11.9 Å². The van der Waals surface area contributed by atoms with E-state index in [1.54, 1.807) is 24.3 Å². The van der Waals surface area contributed by atoms with Crippen LogP contribution in [-0.2, 0) is 9.47 Å². The predicted molar refractivity (Wildman–Crippen MR) is 171 cm³/mol. The van der Waals surface area contributed by atoms with E-state index in [-0.39, 0.29) is 0 Å². The summed E-state index contributed by atoms with van der Waals surface area (Å²) in [6, 6.07) is 6.74. The largest absolute Gasteiger partial charge is 0.462 e. The molecule has 4 heteroatoms. The van der Waals surface area contributed by atoms with Gasteiger partial charge in [-0.3, -0.25) is 0 Å². The van der Waals surface area contributed by atoms with Crippen molar-refractivity contribution in [3.63, 3.8) is 0 Å². The van der Waals surface area contributed by atoms with Crippen LogP contribution in [0.25, 0.3) is 0 Å². The number of carbonyl (C=O) groups is 2. The Hall–Kier alpha value is -1.84. The fourth-order valence-corrected chi connectivity index (χ4v) is 4.75. The van der Waals surface area contributed by atoms with Crippen molar-refractivity contribution in [2.45, 2.75) is 157 Å². The van der Waals surface area contributed by atoms with E-state index in [9.17, 15) is 9.59 Å². The molecule has 1 aromatic carbocycles. The second-order valence-corrected chi connectivity index (χ2v) is 11.7. The van der Waals surface area contributed by atoms with Crippen LogP contribution >= 0.6 is 0 Å². The van der Waals surface area contributed by atoms with Crippen molar-refractivity contribution < 1.29 is 19.1 Å². The van der Waals surface area contributed by atoms with Crippen molar-refractivity contribution in [3.05, 3.63) is 35.4 Å². The Kier molecular flexibility index (Phi) is 26.1. The Balaban J connectivity index is 0.00000106. The monoisotopic (exact) mass is 560 g/mol. The number of ether oxygens (including phenoxy) is 2. The smallest absolute Gasteiger partial charge is 0.339 e. The standard InChI is InChI=1S/C24H38O4.C12H26/c1-3-5-7-9-11-15-19-27-23(25)21-17-13-14-18-22(21)24(26)28-20-16-12-10-8-6-4-2;1-5-8-12(4)10-7-9-11(3)6-2/h13-14,17-18H,3-12,15-16,19-20H2,1-2H3;11-12H,5-10H2,1-4H3. The zero-order valence-electron chi connectivity index (χ0n) is 27.2. The molecule has 232 valence electrons. The van der Waals surface area contributed by atoms with Gasteiger partial charge in [-0.25, -0.2) is 9.59 Å². The van der Waals surface area contributed by atoms with E-state index in [0.29, 0.717) is 24.3 Å². The van der Waals surface area contributed by atoms with Gasteiger partial charge < -0.3 is 9.47 Å². The Morgan fingerprint density at radius 2 is 0.975 bits per heavy atom. The van der Waals surface area contributed by atoms with Crippen LogP contribution in [0, 0.1) is 11.8 Å². The summed E-state index contributed by atoms with van der Waals surface area (Å²) in [6.45, 7) is 14.5. The maximum absolute atomic E-state index is 12.4. The minimum atomic E-state index is -0.444. The number of benzene rings is 1. The lowest BCUT2D eigenvalue weighted by Crippen LogP contribution is -2.15. The molecule has 0 spiro atoms. The average molecular weight is 561 g/mol. The van der Waals surface area contributed by atoms with E-state index in [4.69, 9.17) is 9.47 Å². The summed E-state index contributed by atoms with van der Waals surface area (Å²) in [5, 5.41) is 0. The molecular formula is C36H64O4. The highest BCUT2D eigenvalue weighted by molar-refractivity contribution is 6.03. The van der Waals surface area contributed by atoms with Gasteiger partial charge in [0.25, 0.3) is 0 Å². The maximum atomic E-state index is 12.4. The normalized spacial score (nSPS) is 12.2. The fraction of sp³-hybridized carbons (Fsp3) is 0.778. The van der Waals surface area contributed by atoms with Crippen LogP contribution in [0.15, 0.2) is 24.3 Å². The molecule has 0 aliphatic heterocycles. The third kappa shape index (κ3) is 21.0. The number of unbranched alkanes of at least 4 members (excludes halogenated alkanes) is 10. The first kappa shape index (κ1) is 38.2. The van der Waals surface area contributed by atoms with E-state index >= 15 is 0 Å². The quantitative estimate of drug-likeness (QED) is 0.0986. The van der Waals surface area contributed by atoms with Crippen molar-refractivity contribution in [3.8, 4) is 0 Å². The van der Waals surface area contributed by atoms with Crippen molar-refractivity contribution in [2.24, 2.45) is 11.8 Å². The molecule has 0 radical (unpaired) electrons. The van der Waals surface area contributed by atoms with E-state index in [1.165, 1.54) is 89.9 Å². The lowest BCUT2D eigenvalue weighted by molar-refractivity contribution is 0.0450. The van der Waals surface area contributed by atoms with Crippen LogP contribution in [0.1, 0.15) is 178 Å². The molecule has 0 aliphatic carbocycles. The summed E-state index contributed by atoms with van der Waals surface area (Å²) in [5.41, 5.74) is 0.586. The molecule has 0 bridgehead atoms. The number of hydrogen-bond acceptors (Lipinski definition) is 4. The highest BCUT2D eigenvalue weighted by atomic mass is 16.5. The first-order chi connectivity index (χ1) is 19.4. The zero-order valence-corrected chi connectivity index (χ0v) is 27.2. The molecule has 4 nitrogen and oxygen atoms in total. The third-order valence-corrected chi connectivity index (χ3v) is 7.70. The van der Waals surface area contributed by atoms with E-state index in [2.05, 4.69) is 41.5 Å². The summed E-state index contributed by atoms with van der Waals surface area (Å²) >= 11 is 0. The third-order valence-electron chi connectivity index (χ3n) is 7.70. The lowest BCUT2D eigenvalue weighted by Gasteiger charge is -2.11. The average Bonchev–Trinajstić information content (AvgIpc) is 2.96. The molecule has 0 aromatic heterocycles. The molecule has 0 N–H and O–H groups in total. The molecular weight excluding hydrogens is 496 g/mol. The molecule has 0 saturated carbocycles. The Labute approximate surface area is 248 Å². The maximum Gasteiger partial charge on any atom is 0.339 e. The first-order valence-corrected chi connectivity index (χ1v) is 16.8. The van der Waals surface area contributed by atoms with Crippen molar-refractivity contribution in [2.75, 3.05) is 13.2 Å². The van der Waals surface area contributed by atoms with Gasteiger partial charge in [0.2, 0.25) is 0 Å². The number of esters is 2. The van der Waals surface area contributed by atoms with E-state index in [1.807, 2.05) is 0 Å². The van der Waals surface area contributed by atoms with Gasteiger partial charge >= 0.3 is 11.9 Å². The molecule has 0 heterocycles. The van der Waals surface area contributed by atoms with Crippen LogP contribution in [0.4, 0.5) is 0 Å². The Morgan fingerprint density at radius 1 is 0.550 bits per heavy atom. The summed E-state index contributed by atoms with van der Waals surface area (Å²) < 4.78 is 10.7. The molecule has 40 heavy (non-hydrogen) atoms. The van der Waals surface area contributed by atoms with Gasteiger partial charge in [0.15, 0.2) is 0 Å². The molecule has 0 saturated heterocycles. The first-order valence-electron chi connectivity index (χ1n) is 16.8. The Bertz CT molecular complexity index is 680. The topological polar surface area (TPSA) is 52.6 Å². The molecule has 0 amide bonds. The minimum Gasteiger partial charge on any atom is -0.462 e. The molecule has 1 rings (SSSR count). The van der Waals surface area contributed by atoms with Gasteiger partial charge in [0, 0.05) is 0 Å². The van der Waals surface area contributed by atoms with Crippen molar-refractivity contribution in [1.29, 1.82) is 0 Å². The zero-order chi connectivity index (χ0) is 29.8. The highest BCUT2D eigenvalue weighted by Crippen LogP contribution is 2.18. The molecule has 2 atom stereocenters.